The third kappa shape index (κ3) is 8.08. The highest BCUT2D eigenvalue weighted by atomic mass is 16.4. The van der Waals surface area contributed by atoms with Crippen molar-refractivity contribution in [2.75, 3.05) is 13.1 Å². The zero-order chi connectivity index (χ0) is 24.4. The van der Waals surface area contributed by atoms with Crippen molar-refractivity contribution in [3.63, 3.8) is 0 Å². The Hall–Kier alpha value is -2.73. The van der Waals surface area contributed by atoms with Crippen molar-refractivity contribution < 1.29 is 29.1 Å². The molecule has 4 unspecified atom stereocenters. The number of aliphatic carboxylic acids is 1. The van der Waals surface area contributed by atoms with E-state index in [1.807, 2.05) is 0 Å². The number of unbranched alkanes of at least 4 members (excludes halogenated alkanes) is 1. The van der Waals surface area contributed by atoms with Crippen LogP contribution in [0, 0.1) is 5.92 Å². The molecular weight excluding hydrogens is 420 g/mol. The average molecular weight is 457 g/mol. The molecule has 0 saturated carbocycles. The molecule has 12 heteroatoms. The first kappa shape index (κ1) is 27.3. The summed E-state index contributed by atoms with van der Waals surface area (Å²) in [6.45, 7) is 4.13. The highest BCUT2D eigenvalue weighted by molar-refractivity contribution is 5.96. The molecule has 0 aliphatic carbocycles. The summed E-state index contributed by atoms with van der Waals surface area (Å²) in [4.78, 5) is 62.4. The quantitative estimate of drug-likeness (QED) is 0.170. The largest absolute Gasteiger partial charge is 0.480 e. The number of amides is 4. The molecular formula is C20H36N6O6. The van der Waals surface area contributed by atoms with Crippen molar-refractivity contribution in [2.45, 2.75) is 76.5 Å². The molecule has 12 nitrogen and oxygen atoms in total. The van der Waals surface area contributed by atoms with Crippen molar-refractivity contribution in [3.05, 3.63) is 0 Å². The van der Waals surface area contributed by atoms with Gasteiger partial charge >= 0.3 is 5.97 Å². The Labute approximate surface area is 187 Å². The predicted molar refractivity (Wildman–Crippen MR) is 116 cm³/mol. The van der Waals surface area contributed by atoms with Gasteiger partial charge in [-0.05, 0) is 38.1 Å². The van der Waals surface area contributed by atoms with Crippen molar-refractivity contribution in [1.82, 2.24) is 15.5 Å². The highest BCUT2D eigenvalue weighted by Crippen LogP contribution is 2.20. The number of nitrogens with zero attached hydrogens (tertiary/aromatic N) is 1. The second-order valence-corrected chi connectivity index (χ2v) is 8.38. The van der Waals surface area contributed by atoms with Gasteiger partial charge in [0.25, 0.3) is 0 Å². The van der Waals surface area contributed by atoms with Gasteiger partial charge in [0.15, 0.2) is 0 Å². The maximum atomic E-state index is 13.0. The van der Waals surface area contributed by atoms with E-state index >= 15 is 0 Å². The zero-order valence-electron chi connectivity index (χ0n) is 18.7. The van der Waals surface area contributed by atoms with Crippen LogP contribution in [0.15, 0.2) is 0 Å². The molecule has 32 heavy (non-hydrogen) atoms. The van der Waals surface area contributed by atoms with Gasteiger partial charge in [-0.15, -0.1) is 0 Å². The number of likely N-dealkylation sites (tertiary alicyclic amines) is 1. The maximum absolute atomic E-state index is 13.0. The number of rotatable bonds is 13. The van der Waals surface area contributed by atoms with E-state index < -0.39 is 60.2 Å². The summed E-state index contributed by atoms with van der Waals surface area (Å²) in [7, 11) is 0. The van der Waals surface area contributed by atoms with Gasteiger partial charge in [0, 0.05) is 6.54 Å². The Morgan fingerprint density at radius 3 is 2.28 bits per heavy atom. The third-order valence-corrected chi connectivity index (χ3v) is 5.40. The summed E-state index contributed by atoms with van der Waals surface area (Å²) in [6.07, 6.45) is 2.08. The smallest absolute Gasteiger partial charge is 0.326 e. The fourth-order valence-electron chi connectivity index (χ4n) is 3.56. The van der Waals surface area contributed by atoms with E-state index in [1.165, 1.54) is 4.90 Å². The summed E-state index contributed by atoms with van der Waals surface area (Å²) in [5, 5.41) is 14.3. The predicted octanol–water partition coefficient (Wildman–Crippen LogP) is -1.98. The molecule has 0 aromatic carbocycles. The summed E-state index contributed by atoms with van der Waals surface area (Å²) >= 11 is 0. The normalized spacial score (nSPS) is 18.7. The first-order chi connectivity index (χ1) is 15.0. The monoisotopic (exact) mass is 456 g/mol. The molecule has 0 spiro atoms. The number of carboxylic acids is 1. The Kier molecular flexibility index (Phi) is 11.1. The molecule has 0 radical (unpaired) electrons. The van der Waals surface area contributed by atoms with E-state index in [0.29, 0.717) is 38.6 Å². The molecule has 9 N–H and O–H groups in total. The van der Waals surface area contributed by atoms with Gasteiger partial charge in [-0.1, -0.05) is 20.3 Å². The maximum Gasteiger partial charge on any atom is 0.326 e. The van der Waals surface area contributed by atoms with E-state index in [-0.39, 0.29) is 12.5 Å². The van der Waals surface area contributed by atoms with Crippen LogP contribution < -0.4 is 27.8 Å². The van der Waals surface area contributed by atoms with E-state index in [4.69, 9.17) is 17.2 Å². The minimum Gasteiger partial charge on any atom is -0.480 e. The molecule has 0 bridgehead atoms. The molecule has 1 heterocycles. The lowest BCUT2D eigenvalue weighted by Gasteiger charge is -2.30. The number of carbonyl (C=O) groups excluding carboxylic acids is 4. The minimum atomic E-state index is -1.32. The number of primary amides is 1. The van der Waals surface area contributed by atoms with Crippen LogP contribution in [-0.2, 0) is 24.0 Å². The lowest BCUT2D eigenvalue weighted by atomic mass is 10.0. The van der Waals surface area contributed by atoms with E-state index in [9.17, 15) is 29.1 Å². The fraction of sp³-hybridized carbons (Fsp3) is 0.750. The summed E-state index contributed by atoms with van der Waals surface area (Å²) in [5.74, 6) is -4.22. The van der Waals surface area contributed by atoms with E-state index in [0.717, 1.165) is 0 Å². The highest BCUT2D eigenvalue weighted by Gasteiger charge is 2.39. The standard InChI is InChI=1S/C20H36N6O6/c1-11(2)16(19(30)26-9-5-7-14(26)20(31)32)25-18(29)13(10-15(23)27)24-17(28)12(22)6-3-4-8-21/h11-14,16H,3-10,21-22H2,1-2H3,(H2,23,27)(H,24,28)(H,25,29)(H,31,32). The molecule has 0 aromatic rings. The molecule has 1 aliphatic heterocycles. The molecule has 1 saturated heterocycles. The molecule has 1 aliphatic rings. The number of hydrogen-bond acceptors (Lipinski definition) is 7. The Balaban J connectivity index is 2.90. The van der Waals surface area contributed by atoms with Crippen LogP contribution >= 0.6 is 0 Å². The second-order valence-electron chi connectivity index (χ2n) is 8.38. The van der Waals surface area contributed by atoms with Crippen LogP contribution in [0.25, 0.3) is 0 Å². The Morgan fingerprint density at radius 2 is 1.75 bits per heavy atom. The summed E-state index contributed by atoms with van der Waals surface area (Å²) in [5.41, 5.74) is 16.5. The SMILES string of the molecule is CC(C)C(NC(=O)C(CC(N)=O)NC(=O)C(N)CCCCN)C(=O)N1CCCC1C(=O)O. The van der Waals surface area contributed by atoms with Gasteiger partial charge in [-0.3, -0.25) is 19.2 Å². The van der Waals surface area contributed by atoms with Crippen LogP contribution in [0.4, 0.5) is 0 Å². The fourth-order valence-corrected chi connectivity index (χ4v) is 3.56. The van der Waals surface area contributed by atoms with E-state index in [1.54, 1.807) is 13.8 Å². The van der Waals surface area contributed by atoms with Crippen LogP contribution in [0.1, 0.15) is 52.4 Å². The molecule has 1 rings (SSSR count). The number of hydrogen-bond donors (Lipinski definition) is 6. The van der Waals surface area contributed by atoms with Crippen LogP contribution in [0.3, 0.4) is 0 Å². The topological polar surface area (TPSA) is 211 Å². The van der Waals surface area contributed by atoms with Gasteiger partial charge < -0.3 is 37.8 Å². The average Bonchev–Trinajstić information content (AvgIpc) is 3.20. The minimum absolute atomic E-state index is 0.272. The van der Waals surface area contributed by atoms with Gasteiger partial charge in [0.05, 0.1) is 12.5 Å². The number of nitrogens with one attached hydrogen (secondary N) is 2. The van der Waals surface area contributed by atoms with Crippen LogP contribution in [-0.4, -0.2) is 76.9 Å². The first-order valence-corrected chi connectivity index (χ1v) is 10.9. The third-order valence-electron chi connectivity index (χ3n) is 5.40. The summed E-state index contributed by atoms with van der Waals surface area (Å²) in [6, 6.07) is -4.20. The van der Waals surface area contributed by atoms with Crippen molar-refractivity contribution in [2.24, 2.45) is 23.1 Å². The van der Waals surface area contributed by atoms with E-state index in [2.05, 4.69) is 10.6 Å². The number of carbonyl (C=O) groups is 5. The first-order valence-electron chi connectivity index (χ1n) is 10.9. The van der Waals surface area contributed by atoms with Crippen molar-refractivity contribution in [3.8, 4) is 0 Å². The van der Waals surface area contributed by atoms with Crippen molar-refractivity contribution >= 4 is 29.6 Å². The van der Waals surface area contributed by atoms with Crippen LogP contribution in [0.2, 0.25) is 0 Å². The van der Waals surface area contributed by atoms with Crippen molar-refractivity contribution in [1.29, 1.82) is 0 Å². The number of nitrogens with two attached hydrogens (primary N) is 3. The van der Waals surface area contributed by atoms with Crippen LogP contribution in [0.5, 0.6) is 0 Å². The second kappa shape index (κ2) is 13.0. The molecule has 1 fully saturated rings. The Bertz CT molecular complexity index is 700. The lowest BCUT2D eigenvalue weighted by Crippen LogP contribution is -2.59. The lowest BCUT2D eigenvalue weighted by molar-refractivity contribution is -0.150. The van der Waals surface area contributed by atoms with Gasteiger partial charge in [-0.25, -0.2) is 4.79 Å². The van der Waals surface area contributed by atoms with Gasteiger partial charge in [-0.2, -0.15) is 0 Å². The van der Waals surface area contributed by atoms with Gasteiger partial charge in [0.2, 0.25) is 23.6 Å². The number of carboxylic acid groups (broad SMARTS) is 1. The molecule has 4 atom stereocenters. The molecule has 182 valence electrons. The zero-order valence-corrected chi connectivity index (χ0v) is 18.7. The van der Waals surface area contributed by atoms with Gasteiger partial charge in [0.1, 0.15) is 18.1 Å². The molecule has 0 aromatic heterocycles. The summed E-state index contributed by atoms with van der Waals surface area (Å²) < 4.78 is 0. The Morgan fingerprint density at radius 1 is 1.09 bits per heavy atom. The molecule has 4 amide bonds.